The van der Waals surface area contributed by atoms with Gasteiger partial charge in [0.1, 0.15) is 6.61 Å². The van der Waals surface area contributed by atoms with Gasteiger partial charge in [0.05, 0.1) is 6.61 Å². The molecule has 5 heteroatoms. The van der Waals surface area contributed by atoms with E-state index in [1.807, 2.05) is 0 Å². The SMILES string of the molecule is CC/C=C\C/C=C\C/C=C\C/C=C\C/C=C\CCCC(=O)OCC(COCCCCCCCCCCCCCCCCCCCCCC)OC(=O)CCCCC/C=C\C/C=C\C/C=C\CC. The van der Waals surface area contributed by atoms with Crippen molar-refractivity contribution in [3.8, 4) is 0 Å². The fraction of sp³-hybridized carbons (Fsp3) is 0.705. The van der Waals surface area contributed by atoms with Crippen LogP contribution in [0.2, 0.25) is 0 Å². The summed E-state index contributed by atoms with van der Waals surface area (Å²) >= 11 is 0. The average molecular weight is 917 g/mol. The first-order valence-corrected chi connectivity index (χ1v) is 27.8. The summed E-state index contributed by atoms with van der Waals surface area (Å²) in [4.78, 5) is 25.4. The Morgan fingerprint density at radius 1 is 0.348 bits per heavy atom. The third-order valence-electron chi connectivity index (χ3n) is 11.6. The lowest BCUT2D eigenvalue weighted by Gasteiger charge is -2.18. The van der Waals surface area contributed by atoms with E-state index in [2.05, 4.69) is 118 Å². The molecule has 378 valence electrons. The van der Waals surface area contributed by atoms with Crippen LogP contribution in [0.15, 0.2) is 97.2 Å². The van der Waals surface area contributed by atoms with E-state index in [1.54, 1.807) is 0 Å². The molecule has 0 saturated carbocycles. The number of unbranched alkanes of at least 4 members (excludes halogenated alkanes) is 23. The summed E-state index contributed by atoms with van der Waals surface area (Å²) in [6, 6.07) is 0. The number of hydrogen-bond donors (Lipinski definition) is 0. The standard InChI is InChI=1S/C61H104O5/c1-4-7-10-13-16-19-22-25-27-29-30-31-33-35-38-41-44-47-50-53-56-64-57-59(66-61(63)55-52-49-46-43-40-36-24-21-18-15-12-9-6-3)58-65-60(62)54-51-48-45-42-39-37-34-32-28-26-23-20-17-14-11-8-5-2/h8-9,11-12,17-18,20-21,26,28,34,36-37,40,42,45,59H,4-7,10,13-16,19,22-25,27,29-33,35,38-39,41,43-44,46-58H2,1-3H3/b11-8-,12-9-,20-17-,21-18-,28-26-,37-34-,40-36-,45-42-. The van der Waals surface area contributed by atoms with Gasteiger partial charge in [0.15, 0.2) is 6.10 Å². The Balaban J connectivity index is 4.34. The molecule has 0 aliphatic carbocycles. The summed E-state index contributed by atoms with van der Waals surface area (Å²) in [5.41, 5.74) is 0. The lowest BCUT2D eigenvalue weighted by atomic mass is 10.0. The number of esters is 2. The monoisotopic (exact) mass is 917 g/mol. The van der Waals surface area contributed by atoms with E-state index in [0.29, 0.717) is 19.4 Å². The van der Waals surface area contributed by atoms with Gasteiger partial charge in [-0.3, -0.25) is 9.59 Å². The molecule has 0 aromatic carbocycles. The highest BCUT2D eigenvalue weighted by Gasteiger charge is 2.17. The molecule has 0 heterocycles. The van der Waals surface area contributed by atoms with Gasteiger partial charge in [-0.15, -0.1) is 0 Å². The van der Waals surface area contributed by atoms with Crippen molar-refractivity contribution in [3.63, 3.8) is 0 Å². The zero-order chi connectivity index (χ0) is 47.7. The minimum atomic E-state index is -0.578. The van der Waals surface area contributed by atoms with Gasteiger partial charge < -0.3 is 14.2 Å². The third-order valence-corrected chi connectivity index (χ3v) is 11.6. The molecule has 66 heavy (non-hydrogen) atoms. The van der Waals surface area contributed by atoms with Crippen LogP contribution in [-0.2, 0) is 23.8 Å². The van der Waals surface area contributed by atoms with Crippen LogP contribution in [0.3, 0.4) is 0 Å². The van der Waals surface area contributed by atoms with Crippen LogP contribution in [0.1, 0.15) is 252 Å². The van der Waals surface area contributed by atoms with Gasteiger partial charge in [0.2, 0.25) is 0 Å². The Morgan fingerprint density at radius 3 is 1.12 bits per heavy atom. The number of carbonyl (C=O) groups is 2. The third kappa shape index (κ3) is 53.4. The molecule has 0 rings (SSSR count). The maximum atomic E-state index is 12.8. The van der Waals surface area contributed by atoms with Crippen LogP contribution in [0, 0.1) is 0 Å². The molecule has 0 bridgehead atoms. The van der Waals surface area contributed by atoms with E-state index in [-0.39, 0.29) is 25.2 Å². The minimum absolute atomic E-state index is 0.0413. The summed E-state index contributed by atoms with van der Waals surface area (Å²) < 4.78 is 17.4. The Kier molecular flexibility index (Phi) is 53.4. The summed E-state index contributed by atoms with van der Waals surface area (Å²) in [7, 11) is 0. The molecule has 0 aliphatic rings. The topological polar surface area (TPSA) is 61.8 Å². The van der Waals surface area contributed by atoms with Gasteiger partial charge in [-0.1, -0.05) is 246 Å². The maximum Gasteiger partial charge on any atom is 0.306 e. The fourth-order valence-corrected chi connectivity index (χ4v) is 7.56. The maximum absolute atomic E-state index is 12.8. The summed E-state index contributed by atoms with van der Waals surface area (Å²) in [6.07, 6.45) is 75.8. The van der Waals surface area contributed by atoms with E-state index < -0.39 is 6.10 Å². The minimum Gasteiger partial charge on any atom is -0.462 e. The number of allylic oxidation sites excluding steroid dienone is 16. The van der Waals surface area contributed by atoms with E-state index in [0.717, 1.165) is 103 Å². The second-order valence-corrected chi connectivity index (χ2v) is 18.1. The molecule has 0 amide bonds. The van der Waals surface area contributed by atoms with Crippen molar-refractivity contribution in [2.45, 2.75) is 258 Å². The predicted molar refractivity (Wildman–Crippen MR) is 288 cm³/mol. The van der Waals surface area contributed by atoms with Crippen LogP contribution in [0.5, 0.6) is 0 Å². The molecule has 0 aromatic heterocycles. The first-order valence-electron chi connectivity index (χ1n) is 27.8. The van der Waals surface area contributed by atoms with Gasteiger partial charge in [0.25, 0.3) is 0 Å². The van der Waals surface area contributed by atoms with Gasteiger partial charge in [-0.2, -0.15) is 0 Å². The molecular formula is C61H104O5. The van der Waals surface area contributed by atoms with Gasteiger partial charge in [-0.05, 0) is 89.9 Å². The second kappa shape index (κ2) is 56.1. The Hall–Kier alpha value is -3.18. The van der Waals surface area contributed by atoms with Crippen molar-refractivity contribution in [2.24, 2.45) is 0 Å². The lowest BCUT2D eigenvalue weighted by Crippen LogP contribution is -2.30. The molecule has 0 N–H and O–H groups in total. The van der Waals surface area contributed by atoms with E-state index in [1.165, 1.54) is 116 Å². The Morgan fingerprint density at radius 2 is 0.697 bits per heavy atom. The highest BCUT2D eigenvalue weighted by Crippen LogP contribution is 2.15. The van der Waals surface area contributed by atoms with Crippen molar-refractivity contribution < 1.29 is 23.8 Å². The molecule has 0 aliphatic heterocycles. The highest BCUT2D eigenvalue weighted by molar-refractivity contribution is 5.70. The predicted octanol–water partition coefficient (Wildman–Crippen LogP) is 19.0. The Bertz CT molecular complexity index is 1270. The van der Waals surface area contributed by atoms with Crippen LogP contribution >= 0.6 is 0 Å². The first-order chi connectivity index (χ1) is 32.6. The van der Waals surface area contributed by atoms with Crippen molar-refractivity contribution in [2.75, 3.05) is 19.8 Å². The van der Waals surface area contributed by atoms with Crippen molar-refractivity contribution in [3.05, 3.63) is 97.2 Å². The van der Waals surface area contributed by atoms with Gasteiger partial charge in [0, 0.05) is 19.4 Å². The number of rotatable bonds is 50. The Labute approximate surface area is 409 Å². The second-order valence-electron chi connectivity index (χ2n) is 18.1. The summed E-state index contributed by atoms with van der Waals surface area (Å²) in [5, 5.41) is 0. The molecule has 0 radical (unpaired) electrons. The quantitative estimate of drug-likeness (QED) is 0.0346. The molecule has 1 atom stereocenters. The van der Waals surface area contributed by atoms with Crippen molar-refractivity contribution in [1.82, 2.24) is 0 Å². The summed E-state index contributed by atoms with van der Waals surface area (Å²) in [5.74, 6) is -0.496. The molecule has 0 spiro atoms. The number of ether oxygens (including phenoxy) is 3. The fourth-order valence-electron chi connectivity index (χ4n) is 7.56. The van der Waals surface area contributed by atoms with Gasteiger partial charge >= 0.3 is 11.9 Å². The highest BCUT2D eigenvalue weighted by atomic mass is 16.6. The van der Waals surface area contributed by atoms with E-state index >= 15 is 0 Å². The van der Waals surface area contributed by atoms with Crippen molar-refractivity contribution >= 4 is 11.9 Å². The van der Waals surface area contributed by atoms with Crippen LogP contribution in [-0.4, -0.2) is 37.9 Å². The smallest absolute Gasteiger partial charge is 0.306 e. The summed E-state index contributed by atoms with van der Waals surface area (Å²) in [6.45, 7) is 7.53. The molecule has 1 unspecified atom stereocenters. The average Bonchev–Trinajstić information content (AvgIpc) is 3.32. The van der Waals surface area contributed by atoms with Crippen LogP contribution in [0.25, 0.3) is 0 Å². The molecular weight excluding hydrogens is 813 g/mol. The number of hydrogen-bond acceptors (Lipinski definition) is 5. The zero-order valence-corrected chi connectivity index (χ0v) is 43.4. The normalized spacial score (nSPS) is 13.0. The lowest BCUT2D eigenvalue weighted by molar-refractivity contribution is -0.163. The molecule has 0 fully saturated rings. The van der Waals surface area contributed by atoms with E-state index in [9.17, 15) is 9.59 Å². The van der Waals surface area contributed by atoms with Crippen molar-refractivity contribution in [1.29, 1.82) is 0 Å². The van der Waals surface area contributed by atoms with Crippen LogP contribution < -0.4 is 0 Å². The molecule has 0 saturated heterocycles. The molecule has 5 nitrogen and oxygen atoms in total. The largest absolute Gasteiger partial charge is 0.462 e. The zero-order valence-electron chi connectivity index (χ0n) is 43.4. The first kappa shape index (κ1) is 62.8. The number of carbonyl (C=O) groups excluding carboxylic acids is 2. The van der Waals surface area contributed by atoms with Gasteiger partial charge in [-0.25, -0.2) is 0 Å². The molecule has 0 aromatic rings. The van der Waals surface area contributed by atoms with E-state index in [4.69, 9.17) is 14.2 Å². The van der Waals surface area contributed by atoms with Crippen LogP contribution in [0.4, 0.5) is 0 Å².